The highest BCUT2D eigenvalue weighted by atomic mass is 79.9. The average molecular weight is 369 g/mol. The maximum atomic E-state index is 6.12. The van der Waals surface area contributed by atoms with E-state index in [0.29, 0.717) is 10.8 Å². The van der Waals surface area contributed by atoms with Gasteiger partial charge in [0, 0.05) is 16.6 Å². The highest BCUT2D eigenvalue weighted by Crippen LogP contribution is 2.32. The van der Waals surface area contributed by atoms with Crippen molar-refractivity contribution in [2.24, 2.45) is 0 Å². The lowest BCUT2D eigenvalue weighted by atomic mass is 10.1. The van der Waals surface area contributed by atoms with E-state index < -0.39 is 0 Å². The Morgan fingerprint density at radius 3 is 2.38 bits per heavy atom. The van der Waals surface area contributed by atoms with Gasteiger partial charge >= 0.3 is 0 Å². The van der Waals surface area contributed by atoms with Crippen molar-refractivity contribution in [3.8, 4) is 11.5 Å². The Bertz CT molecular complexity index is 605. The fourth-order valence-electron chi connectivity index (χ4n) is 1.72. The fourth-order valence-corrected chi connectivity index (χ4v) is 2.22. The zero-order chi connectivity index (χ0) is 15.5. The molecule has 0 bridgehead atoms. The summed E-state index contributed by atoms with van der Waals surface area (Å²) in [6.07, 6.45) is 0. The second-order valence-corrected chi connectivity index (χ2v) is 7.25. The minimum absolute atomic E-state index is 0.110. The van der Waals surface area contributed by atoms with E-state index in [4.69, 9.17) is 16.3 Å². The summed E-state index contributed by atoms with van der Waals surface area (Å²) < 4.78 is 6.75. The summed E-state index contributed by atoms with van der Waals surface area (Å²) in [5.41, 5.74) is 1.33. The van der Waals surface area contributed by atoms with Crippen molar-refractivity contribution < 1.29 is 4.74 Å². The number of halogens is 2. The summed E-state index contributed by atoms with van der Waals surface area (Å²) in [7, 11) is 0. The molecule has 0 spiro atoms. The van der Waals surface area contributed by atoms with E-state index in [2.05, 4.69) is 54.2 Å². The number of rotatable bonds is 4. The van der Waals surface area contributed by atoms with Gasteiger partial charge in [-0.2, -0.15) is 0 Å². The average Bonchev–Trinajstić information content (AvgIpc) is 2.41. The van der Waals surface area contributed by atoms with Crippen molar-refractivity contribution in [2.75, 3.05) is 0 Å². The van der Waals surface area contributed by atoms with Gasteiger partial charge in [-0.15, -0.1) is 0 Å². The molecule has 4 heteroatoms. The van der Waals surface area contributed by atoms with Crippen LogP contribution < -0.4 is 10.1 Å². The molecule has 0 saturated carbocycles. The molecule has 21 heavy (non-hydrogen) atoms. The normalized spacial score (nSPS) is 11.5. The quantitative estimate of drug-likeness (QED) is 0.738. The summed E-state index contributed by atoms with van der Waals surface area (Å²) in [4.78, 5) is 0. The fraction of sp³-hybridized carbons (Fsp3) is 0.294. The molecule has 2 aromatic rings. The highest BCUT2D eigenvalue weighted by molar-refractivity contribution is 9.10. The first-order valence-electron chi connectivity index (χ1n) is 6.80. The monoisotopic (exact) mass is 367 g/mol. The summed E-state index contributed by atoms with van der Waals surface area (Å²) in [5, 5.41) is 4.05. The highest BCUT2D eigenvalue weighted by Gasteiger charge is 2.08. The van der Waals surface area contributed by atoms with E-state index >= 15 is 0 Å². The van der Waals surface area contributed by atoms with E-state index in [1.54, 1.807) is 0 Å². The molecule has 0 unspecified atom stereocenters. The zero-order valence-electron chi connectivity index (χ0n) is 12.4. The molecule has 0 radical (unpaired) electrons. The molecular weight excluding hydrogens is 350 g/mol. The van der Waals surface area contributed by atoms with Crippen molar-refractivity contribution >= 4 is 27.5 Å². The Kier molecular flexibility index (Phi) is 5.31. The van der Waals surface area contributed by atoms with Crippen LogP contribution in [0.1, 0.15) is 26.3 Å². The molecule has 0 saturated heterocycles. The van der Waals surface area contributed by atoms with Crippen LogP contribution in [-0.2, 0) is 6.54 Å². The predicted octanol–water partition coefficient (Wildman–Crippen LogP) is 5.78. The van der Waals surface area contributed by atoms with Gasteiger partial charge in [0.05, 0.1) is 5.02 Å². The van der Waals surface area contributed by atoms with Gasteiger partial charge in [-0.05, 0) is 56.7 Å². The van der Waals surface area contributed by atoms with Crippen LogP contribution in [0, 0.1) is 0 Å². The van der Waals surface area contributed by atoms with E-state index in [-0.39, 0.29) is 5.54 Å². The first-order valence-corrected chi connectivity index (χ1v) is 7.97. The molecular formula is C17H19BrClNO. The number of ether oxygens (including phenoxy) is 1. The first-order chi connectivity index (χ1) is 9.83. The summed E-state index contributed by atoms with van der Waals surface area (Å²) >= 11 is 9.53. The van der Waals surface area contributed by atoms with Crippen molar-refractivity contribution in [2.45, 2.75) is 32.9 Å². The van der Waals surface area contributed by atoms with E-state index in [9.17, 15) is 0 Å². The van der Waals surface area contributed by atoms with Crippen LogP contribution in [0.5, 0.6) is 11.5 Å². The van der Waals surface area contributed by atoms with Crippen LogP contribution in [0.15, 0.2) is 46.9 Å². The Labute approximate surface area is 139 Å². The van der Waals surface area contributed by atoms with Gasteiger partial charge in [0.2, 0.25) is 0 Å². The SMILES string of the molecule is CC(C)(C)NCc1ccc(Oc2cc(Br)ccc2Cl)cc1. The van der Waals surface area contributed by atoms with Crippen LogP contribution in [0.25, 0.3) is 0 Å². The van der Waals surface area contributed by atoms with Crippen LogP contribution in [0.4, 0.5) is 0 Å². The topological polar surface area (TPSA) is 21.3 Å². The van der Waals surface area contributed by atoms with Crippen molar-refractivity contribution in [3.05, 3.63) is 57.5 Å². The van der Waals surface area contributed by atoms with Gasteiger partial charge in [-0.3, -0.25) is 0 Å². The number of nitrogens with one attached hydrogen (secondary N) is 1. The number of benzene rings is 2. The molecule has 0 amide bonds. The molecule has 1 N–H and O–H groups in total. The van der Waals surface area contributed by atoms with E-state index in [0.717, 1.165) is 16.8 Å². The molecule has 2 nitrogen and oxygen atoms in total. The second kappa shape index (κ2) is 6.82. The summed E-state index contributed by atoms with van der Waals surface area (Å²) in [6, 6.07) is 13.6. The van der Waals surface area contributed by atoms with Gasteiger partial charge in [-0.25, -0.2) is 0 Å². The lowest BCUT2D eigenvalue weighted by Gasteiger charge is -2.20. The molecule has 0 heterocycles. The molecule has 0 aromatic heterocycles. The number of hydrogen-bond acceptors (Lipinski definition) is 2. The maximum absolute atomic E-state index is 6.12. The van der Waals surface area contributed by atoms with Crippen LogP contribution in [-0.4, -0.2) is 5.54 Å². The molecule has 0 aliphatic rings. The van der Waals surface area contributed by atoms with Crippen LogP contribution >= 0.6 is 27.5 Å². The van der Waals surface area contributed by atoms with Gasteiger partial charge in [-0.1, -0.05) is 39.7 Å². The smallest absolute Gasteiger partial charge is 0.147 e. The molecule has 2 rings (SSSR count). The predicted molar refractivity (Wildman–Crippen MR) is 92.3 cm³/mol. The van der Waals surface area contributed by atoms with Crippen molar-refractivity contribution in [1.29, 1.82) is 0 Å². The van der Waals surface area contributed by atoms with E-state index in [1.165, 1.54) is 5.56 Å². The second-order valence-electron chi connectivity index (χ2n) is 5.92. The third-order valence-electron chi connectivity index (χ3n) is 2.87. The summed E-state index contributed by atoms with van der Waals surface area (Å²) in [6.45, 7) is 7.29. The summed E-state index contributed by atoms with van der Waals surface area (Å²) in [5.74, 6) is 1.42. The van der Waals surface area contributed by atoms with Crippen molar-refractivity contribution in [3.63, 3.8) is 0 Å². The Hall–Kier alpha value is -1.03. The molecule has 0 aliphatic carbocycles. The molecule has 112 valence electrons. The van der Waals surface area contributed by atoms with Gasteiger partial charge in [0.15, 0.2) is 0 Å². The first kappa shape index (κ1) is 16.3. The molecule has 0 atom stereocenters. The Morgan fingerprint density at radius 1 is 1.10 bits per heavy atom. The Morgan fingerprint density at radius 2 is 1.76 bits per heavy atom. The van der Waals surface area contributed by atoms with Crippen LogP contribution in [0.3, 0.4) is 0 Å². The zero-order valence-corrected chi connectivity index (χ0v) is 14.8. The minimum Gasteiger partial charge on any atom is -0.456 e. The van der Waals surface area contributed by atoms with E-state index in [1.807, 2.05) is 30.3 Å². The molecule has 2 aromatic carbocycles. The lowest BCUT2D eigenvalue weighted by Crippen LogP contribution is -2.34. The number of hydrogen-bond donors (Lipinski definition) is 1. The van der Waals surface area contributed by atoms with Gasteiger partial charge in [0.1, 0.15) is 11.5 Å². The van der Waals surface area contributed by atoms with Crippen molar-refractivity contribution in [1.82, 2.24) is 5.32 Å². The molecule has 0 aliphatic heterocycles. The van der Waals surface area contributed by atoms with Crippen LogP contribution in [0.2, 0.25) is 5.02 Å². The van der Waals surface area contributed by atoms with Gasteiger partial charge in [0.25, 0.3) is 0 Å². The third-order valence-corrected chi connectivity index (χ3v) is 3.67. The standard InChI is InChI=1S/C17H19BrClNO/c1-17(2,3)20-11-12-4-7-14(8-5-12)21-16-10-13(18)6-9-15(16)19/h4-10,20H,11H2,1-3H3. The third kappa shape index (κ3) is 5.34. The van der Waals surface area contributed by atoms with Gasteiger partial charge < -0.3 is 10.1 Å². The largest absolute Gasteiger partial charge is 0.456 e. The maximum Gasteiger partial charge on any atom is 0.147 e. The minimum atomic E-state index is 0.110. The molecule has 0 fully saturated rings. The Balaban J connectivity index is 2.04. The lowest BCUT2D eigenvalue weighted by molar-refractivity contribution is 0.424.